The number of amides is 1. The molecule has 6 heteroatoms. The maximum Gasteiger partial charge on any atom is 0.243 e. The predicted molar refractivity (Wildman–Crippen MR) is 80.0 cm³/mol. The maximum absolute atomic E-state index is 13.3. The van der Waals surface area contributed by atoms with Crippen molar-refractivity contribution in [3.8, 4) is 0 Å². The van der Waals surface area contributed by atoms with Gasteiger partial charge in [0.05, 0.1) is 22.3 Å². The van der Waals surface area contributed by atoms with E-state index in [1.807, 2.05) is 0 Å². The van der Waals surface area contributed by atoms with E-state index >= 15 is 0 Å². The molecule has 0 aliphatic carbocycles. The second-order valence-corrected chi connectivity index (χ2v) is 4.82. The van der Waals surface area contributed by atoms with Gasteiger partial charge < -0.3 is 10.6 Å². The largest absolute Gasteiger partial charge is 0.374 e. The molecule has 0 saturated carbocycles. The maximum atomic E-state index is 13.3. The van der Waals surface area contributed by atoms with Crippen molar-refractivity contribution in [1.29, 1.82) is 0 Å². The van der Waals surface area contributed by atoms with E-state index in [1.54, 1.807) is 36.4 Å². The molecule has 104 valence electrons. The monoisotopic (exact) mass is 312 g/mol. The molecule has 0 aliphatic heterocycles. The number of para-hydroxylation sites is 1. The van der Waals surface area contributed by atoms with Crippen molar-refractivity contribution in [2.75, 3.05) is 17.2 Å². The Bertz CT molecular complexity index is 634. The summed E-state index contributed by atoms with van der Waals surface area (Å²) in [6.45, 7) is -0.0544. The number of hydrogen-bond donors (Lipinski definition) is 2. The summed E-state index contributed by atoms with van der Waals surface area (Å²) >= 11 is 11.6. The number of anilines is 2. The molecule has 0 spiro atoms. The lowest BCUT2D eigenvalue weighted by Gasteiger charge is -2.09. The third kappa shape index (κ3) is 3.85. The lowest BCUT2D eigenvalue weighted by atomic mass is 10.3. The molecule has 1 amide bonds. The Kier molecular flexibility index (Phi) is 4.82. The third-order valence-corrected chi connectivity index (χ3v) is 3.26. The molecule has 0 radical (unpaired) electrons. The Hall–Kier alpha value is -1.78. The van der Waals surface area contributed by atoms with Crippen molar-refractivity contribution < 1.29 is 9.18 Å². The van der Waals surface area contributed by atoms with Crippen LogP contribution in [0.4, 0.5) is 15.8 Å². The molecule has 2 aromatic rings. The van der Waals surface area contributed by atoms with Crippen LogP contribution >= 0.6 is 23.2 Å². The van der Waals surface area contributed by atoms with Gasteiger partial charge in [-0.15, -0.1) is 0 Å². The van der Waals surface area contributed by atoms with E-state index < -0.39 is 5.82 Å². The molecule has 2 rings (SSSR count). The van der Waals surface area contributed by atoms with E-state index in [0.29, 0.717) is 15.7 Å². The van der Waals surface area contributed by atoms with Crippen LogP contribution in [0.2, 0.25) is 10.0 Å². The van der Waals surface area contributed by atoms with Crippen molar-refractivity contribution in [3.05, 3.63) is 58.3 Å². The molecule has 0 aromatic heterocycles. The van der Waals surface area contributed by atoms with Gasteiger partial charge in [-0.3, -0.25) is 4.79 Å². The fourth-order valence-corrected chi connectivity index (χ4v) is 1.86. The summed E-state index contributed by atoms with van der Waals surface area (Å²) in [5.74, 6) is -0.721. The average molecular weight is 313 g/mol. The number of nitrogens with one attached hydrogen (secondary N) is 2. The molecule has 0 atom stereocenters. The van der Waals surface area contributed by atoms with Gasteiger partial charge in [0.25, 0.3) is 0 Å². The van der Waals surface area contributed by atoms with Gasteiger partial charge in [-0.2, -0.15) is 0 Å². The van der Waals surface area contributed by atoms with E-state index in [0.717, 1.165) is 0 Å². The number of carbonyl (C=O) groups excluding carboxylic acids is 1. The van der Waals surface area contributed by atoms with Gasteiger partial charge in [0.1, 0.15) is 5.82 Å². The summed E-state index contributed by atoms with van der Waals surface area (Å²) in [7, 11) is 0. The number of carbonyl (C=O) groups is 1. The molecule has 2 N–H and O–H groups in total. The molecule has 0 aliphatic rings. The smallest absolute Gasteiger partial charge is 0.243 e. The van der Waals surface area contributed by atoms with Gasteiger partial charge in [0.2, 0.25) is 5.91 Å². The highest BCUT2D eigenvalue weighted by molar-refractivity contribution is 6.42. The summed E-state index contributed by atoms with van der Waals surface area (Å²) < 4.78 is 13.3. The fraction of sp³-hybridized carbons (Fsp3) is 0.0714. The zero-order valence-electron chi connectivity index (χ0n) is 10.3. The Morgan fingerprint density at radius 1 is 1.10 bits per heavy atom. The lowest BCUT2D eigenvalue weighted by Crippen LogP contribution is -2.22. The van der Waals surface area contributed by atoms with E-state index in [-0.39, 0.29) is 18.1 Å². The first-order valence-electron chi connectivity index (χ1n) is 5.79. The van der Waals surface area contributed by atoms with Crippen LogP contribution in [-0.2, 0) is 4.79 Å². The van der Waals surface area contributed by atoms with Crippen molar-refractivity contribution in [1.82, 2.24) is 0 Å². The third-order valence-electron chi connectivity index (χ3n) is 2.52. The van der Waals surface area contributed by atoms with Crippen LogP contribution in [-0.4, -0.2) is 12.5 Å². The summed E-state index contributed by atoms with van der Waals surface area (Å²) in [5.41, 5.74) is 0.802. The molecule has 0 saturated heterocycles. The Morgan fingerprint density at radius 2 is 1.85 bits per heavy atom. The Labute approximate surface area is 125 Å². The van der Waals surface area contributed by atoms with Gasteiger partial charge >= 0.3 is 0 Å². The summed E-state index contributed by atoms with van der Waals surface area (Å²) in [6, 6.07) is 10.9. The minimum absolute atomic E-state index is 0.0544. The molecule has 2 aromatic carbocycles. The molecule has 20 heavy (non-hydrogen) atoms. The van der Waals surface area contributed by atoms with Gasteiger partial charge in [-0.1, -0.05) is 35.3 Å². The first kappa shape index (κ1) is 14.6. The highest BCUT2D eigenvalue weighted by Crippen LogP contribution is 2.24. The molecule has 3 nitrogen and oxygen atoms in total. The zero-order valence-corrected chi connectivity index (χ0v) is 11.8. The lowest BCUT2D eigenvalue weighted by molar-refractivity contribution is -0.114. The van der Waals surface area contributed by atoms with Crippen LogP contribution in [0.3, 0.4) is 0 Å². The van der Waals surface area contributed by atoms with Gasteiger partial charge in [-0.25, -0.2) is 4.39 Å². The average Bonchev–Trinajstić information content (AvgIpc) is 2.42. The summed E-state index contributed by atoms with van der Waals surface area (Å²) in [6.07, 6.45) is 0. The number of benzene rings is 2. The van der Waals surface area contributed by atoms with E-state index in [9.17, 15) is 9.18 Å². The van der Waals surface area contributed by atoms with Crippen molar-refractivity contribution in [2.24, 2.45) is 0 Å². The first-order chi connectivity index (χ1) is 9.56. The molecule has 0 unspecified atom stereocenters. The molecule has 0 heterocycles. The van der Waals surface area contributed by atoms with Gasteiger partial charge in [0.15, 0.2) is 0 Å². The van der Waals surface area contributed by atoms with Crippen molar-refractivity contribution >= 4 is 40.5 Å². The van der Waals surface area contributed by atoms with Gasteiger partial charge in [-0.05, 0) is 30.3 Å². The molecule has 0 fully saturated rings. The van der Waals surface area contributed by atoms with Crippen molar-refractivity contribution in [3.63, 3.8) is 0 Å². The number of hydrogen-bond acceptors (Lipinski definition) is 2. The highest BCUT2D eigenvalue weighted by atomic mass is 35.5. The standard InChI is InChI=1S/C14H11Cl2FN2O/c15-10-6-5-9(7-11(10)16)19-14(20)8-18-13-4-2-1-3-12(13)17/h1-7,18H,8H2,(H,19,20). The van der Waals surface area contributed by atoms with E-state index in [2.05, 4.69) is 10.6 Å². The quantitative estimate of drug-likeness (QED) is 0.889. The van der Waals surface area contributed by atoms with Crippen LogP contribution < -0.4 is 10.6 Å². The first-order valence-corrected chi connectivity index (χ1v) is 6.55. The number of halogens is 3. The minimum Gasteiger partial charge on any atom is -0.374 e. The van der Waals surface area contributed by atoms with E-state index in [1.165, 1.54) is 6.07 Å². The summed E-state index contributed by atoms with van der Waals surface area (Å²) in [5, 5.41) is 6.11. The van der Waals surface area contributed by atoms with Crippen LogP contribution in [0.25, 0.3) is 0 Å². The topological polar surface area (TPSA) is 41.1 Å². The second-order valence-electron chi connectivity index (χ2n) is 4.01. The SMILES string of the molecule is O=C(CNc1ccccc1F)Nc1ccc(Cl)c(Cl)c1. The molecular weight excluding hydrogens is 302 g/mol. The van der Waals surface area contributed by atoms with Crippen LogP contribution in [0.1, 0.15) is 0 Å². The summed E-state index contributed by atoms with van der Waals surface area (Å²) in [4.78, 5) is 11.7. The Morgan fingerprint density at radius 3 is 2.55 bits per heavy atom. The Balaban J connectivity index is 1.93. The van der Waals surface area contributed by atoms with Crippen molar-refractivity contribution in [2.45, 2.75) is 0 Å². The fourth-order valence-electron chi connectivity index (χ4n) is 1.56. The number of rotatable bonds is 4. The van der Waals surface area contributed by atoms with Crippen LogP contribution in [0.15, 0.2) is 42.5 Å². The predicted octanol–water partition coefficient (Wildman–Crippen LogP) is 4.18. The highest BCUT2D eigenvalue weighted by Gasteiger charge is 2.06. The van der Waals surface area contributed by atoms with Crippen LogP contribution in [0, 0.1) is 5.82 Å². The normalized spacial score (nSPS) is 10.2. The van der Waals surface area contributed by atoms with Gasteiger partial charge in [0, 0.05) is 5.69 Å². The molecule has 0 bridgehead atoms. The van der Waals surface area contributed by atoms with E-state index in [4.69, 9.17) is 23.2 Å². The zero-order chi connectivity index (χ0) is 14.5. The molecular formula is C14H11Cl2FN2O. The second kappa shape index (κ2) is 6.59. The van der Waals surface area contributed by atoms with Crippen LogP contribution in [0.5, 0.6) is 0 Å². The minimum atomic E-state index is -0.408.